The molecule has 7 heteroatoms. The standard InChI is InChI=1S/C17H18FN3O3/c1-11-16(19-10-24-11)17(23)20-14-8-15(22)21(9-14)7-6-12-2-4-13(18)5-3-12/h2-5,10,14H,6-9H2,1H3,(H,20,23). The van der Waals surface area contributed by atoms with E-state index < -0.39 is 0 Å². The normalized spacial score (nSPS) is 17.3. The molecule has 1 aliphatic rings. The fourth-order valence-corrected chi connectivity index (χ4v) is 2.78. The van der Waals surface area contributed by atoms with Crippen molar-refractivity contribution in [3.63, 3.8) is 0 Å². The second-order valence-corrected chi connectivity index (χ2v) is 5.85. The molecule has 1 atom stereocenters. The van der Waals surface area contributed by atoms with Gasteiger partial charge in [0.15, 0.2) is 12.1 Å². The molecule has 0 radical (unpaired) electrons. The molecule has 0 bridgehead atoms. The number of nitrogens with zero attached hydrogens (tertiary/aromatic N) is 2. The first kappa shape index (κ1) is 16.2. The molecule has 1 aromatic carbocycles. The number of rotatable bonds is 5. The van der Waals surface area contributed by atoms with Gasteiger partial charge in [0, 0.05) is 19.5 Å². The molecular formula is C17H18FN3O3. The molecule has 3 rings (SSSR count). The number of benzene rings is 1. The van der Waals surface area contributed by atoms with Crippen LogP contribution in [0.25, 0.3) is 0 Å². The maximum Gasteiger partial charge on any atom is 0.273 e. The van der Waals surface area contributed by atoms with E-state index in [9.17, 15) is 14.0 Å². The fraction of sp³-hybridized carbons (Fsp3) is 0.353. The van der Waals surface area contributed by atoms with E-state index >= 15 is 0 Å². The number of oxazole rings is 1. The lowest BCUT2D eigenvalue weighted by atomic mass is 10.1. The summed E-state index contributed by atoms with van der Waals surface area (Å²) in [7, 11) is 0. The molecule has 1 aromatic heterocycles. The zero-order chi connectivity index (χ0) is 17.1. The number of hydrogen-bond acceptors (Lipinski definition) is 4. The highest BCUT2D eigenvalue weighted by Crippen LogP contribution is 2.14. The lowest BCUT2D eigenvalue weighted by Crippen LogP contribution is -2.37. The second-order valence-electron chi connectivity index (χ2n) is 5.85. The van der Waals surface area contributed by atoms with Crippen LogP contribution in [0.15, 0.2) is 35.1 Å². The molecule has 1 N–H and O–H groups in total. The van der Waals surface area contributed by atoms with Crippen molar-refractivity contribution in [2.24, 2.45) is 0 Å². The maximum absolute atomic E-state index is 12.9. The summed E-state index contributed by atoms with van der Waals surface area (Å²) < 4.78 is 17.9. The van der Waals surface area contributed by atoms with Gasteiger partial charge in [-0.05, 0) is 31.0 Å². The maximum atomic E-state index is 12.9. The van der Waals surface area contributed by atoms with Crippen LogP contribution in [0.1, 0.15) is 28.2 Å². The number of hydrogen-bond donors (Lipinski definition) is 1. The summed E-state index contributed by atoms with van der Waals surface area (Å²) in [5, 5.41) is 2.81. The number of halogens is 1. The molecule has 24 heavy (non-hydrogen) atoms. The predicted molar refractivity (Wildman–Crippen MR) is 83.8 cm³/mol. The third-order valence-electron chi connectivity index (χ3n) is 4.09. The van der Waals surface area contributed by atoms with Gasteiger partial charge < -0.3 is 14.6 Å². The number of aromatic nitrogens is 1. The highest BCUT2D eigenvalue weighted by atomic mass is 19.1. The van der Waals surface area contributed by atoms with Crippen molar-refractivity contribution >= 4 is 11.8 Å². The van der Waals surface area contributed by atoms with Crippen molar-refractivity contribution < 1.29 is 18.4 Å². The SMILES string of the molecule is Cc1ocnc1C(=O)NC1CC(=O)N(CCc2ccc(F)cc2)C1. The summed E-state index contributed by atoms with van der Waals surface area (Å²) >= 11 is 0. The average Bonchev–Trinajstić information content (AvgIpc) is 3.12. The highest BCUT2D eigenvalue weighted by Gasteiger charge is 2.31. The van der Waals surface area contributed by atoms with Crippen molar-refractivity contribution in [3.05, 3.63) is 53.5 Å². The van der Waals surface area contributed by atoms with Gasteiger partial charge in [-0.2, -0.15) is 0 Å². The Morgan fingerprint density at radius 1 is 1.42 bits per heavy atom. The van der Waals surface area contributed by atoms with Crippen LogP contribution in [0.2, 0.25) is 0 Å². The van der Waals surface area contributed by atoms with Gasteiger partial charge in [-0.25, -0.2) is 9.37 Å². The largest absolute Gasteiger partial charge is 0.448 e. The number of amides is 2. The van der Waals surface area contributed by atoms with Crippen LogP contribution in [-0.4, -0.2) is 40.8 Å². The quantitative estimate of drug-likeness (QED) is 0.905. The summed E-state index contributed by atoms with van der Waals surface area (Å²) in [6, 6.07) is 5.99. The van der Waals surface area contributed by atoms with E-state index in [1.807, 2.05) is 0 Å². The number of carbonyl (C=O) groups is 2. The molecule has 0 saturated carbocycles. The van der Waals surface area contributed by atoms with Crippen LogP contribution in [0.5, 0.6) is 0 Å². The van der Waals surface area contributed by atoms with E-state index in [0.29, 0.717) is 25.3 Å². The minimum atomic E-state index is -0.334. The van der Waals surface area contributed by atoms with Gasteiger partial charge in [-0.1, -0.05) is 12.1 Å². The smallest absolute Gasteiger partial charge is 0.273 e. The second kappa shape index (κ2) is 6.82. The van der Waals surface area contributed by atoms with Crippen molar-refractivity contribution in [2.45, 2.75) is 25.8 Å². The molecule has 1 fully saturated rings. The topological polar surface area (TPSA) is 75.4 Å². The lowest BCUT2D eigenvalue weighted by molar-refractivity contribution is -0.127. The van der Waals surface area contributed by atoms with Crippen molar-refractivity contribution in [1.29, 1.82) is 0 Å². The average molecular weight is 331 g/mol. The zero-order valence-corrected chi connectivity index (χ0v) is 13.3. The number of nitrogens with one attached hydrogen (secondary N) is 1. The van der Waals surface area contributed by atoms with Gasteiger partial charge in [0.2, 0.25) is 5.91 Å². The molecule has 0 spiro atoms. The van der Waals surface area contributed by atoms with Gasteiger partial charge in [0.25, 0.3) is 5.91 Å². The minimum absolute atomic E-state index is 0.000661. The summed E-state index contributed by atoms with van der Waals surface area (Å²) in [4.78, 5) is 29.8. The fourth-order valence-electron chi connectivity index (χ4n) is 2.78. The monoisotopic (exact) mass is 331 g/mol. The number of aryl methyl sites for hydroxylation is 1. The summed E-state index contributed by atoms with van der Waals surface area (Å²) in [5.41, 5.74) is 1.21. The molecular weight excluding hydrogens is 313 g/mol. The molecule has 2 aromatic rings. The highest BCUT2D eigenvalue weighted by molar-refractivity contribution is 5.94. The first-order valence-corrected chi connectivity index (χ1v) is 7.76. The Morgan fingerprint density at radius 2 is 2.17 bits per heavy atom. The molecule has 1 unspecified atom stereocenters. The summed E-state index contributed by atoms with van der Waals surface area (Å²) in [6.45, 7) is 2.67. The zero-order valence-electron chi connectivity index (χ0n) is 13.3. The van der Waals surface area contributed by atoms with Crippen LogP contribution in [-0.2, 0) is 11.2 Å². The van der Waals surface area contributed by atoms with Gasteiger partial charge >= 0.3 is 0 Å². The Balaban J connectivity index is 1.53. The lowest BCUT2D eigenvalue weighted by Gasteiger charge is -2.17. The first-order valence-electron chi connectivity index (χ1n) is 7.76. The third-order valence-corrected chi connectivity index (χ3v) is 4.09. The summed E-state index contributed by atoms with van der Waals surface area (Å²) in [6.07, 6.45) is 2.14. The summed E-state index contributed by atoms with van der Waals surface area (Å²) in [5.74, 6) is -0.161. The van der Waals surface area contributed by atoms with Crippen LogP contribution in [0.4, 0.5) is 4.39 Å². The Labute approximate surface area is 138 Å². The molecule has 1 aliphatic heterocycles. The molecule has 0 aliphatic carbocycles. The predicted octanol–water partition coefficient (Wildman–Crippen LogP) is 1.70. The Morgan fingerprint density at radius 3 is 2.83 bits per heavy atom. The van der Waals surface area contributed by atoms with E-state index in [4.69, 9.17) is 4.42 Å². The third kappa shape index (κ3) is 3.61. The molecule has 1 saturated heterocycles. The number of likely N-dealkylation sites (tertiary alicyclic amines) is 1. The van der Waals surface area contributed by atoms with Crippen molar-refractivity contribution in [3.8, 4) is 0 Å². The van der Waals surface area contributed by atoms with Gasteiger partial charge in [-0.3, -0.25) is 9.59 Å². The number of carbonyl (C=O) groups excluding carboxylic acids is 2. The van der Waals surface area contributed by atoms with Crippen LogP contribution in [0, 0.1) is 12.7 Å². The van der Waals surface area contributed by atoms with Crippen molar-refractivity contribution in [2.75, 3.05) is 13.1 Å². The Kier molecular flexibility index (Phi) is 4.59. The van der Waals surface area contributed by atoms with Gasteiger partial charge in [0.1, 0.15) is 11.6 Å². The van der Waals surface area contributed by atoms with Crippen LogP contribution < -0.4 is 5.32 Å². The van der Waals surface area contributed by atoms with Crippen LogP contribution in [0.3, 0.4) is 0 Å². The van der Waals surface area contributed by atoms with E-state index in [2.05, 4.69) is 10.3 Å². The molecule has 126 valence electrons. The van der Waals surface area contributed by atoms with Gasteiger partial charge in [0.05, 0.1) is 6.04 Å². The Bertz CT molecular complexity index is 742. The van der Waals surface area contributed by atoms with E-state index in [0.717, 1.165) is 5.56 Å². The molecule has 2 heterocycles. The van der Waals surface area contributed by atoms with E-state index in [1.165, 1.54) is 18.5 Å². The minimum Gasteiger partial charge on any atom is -0.448 e. The molecule has 2 amide bonds. The van der Waals surface area contributed by atoms with Crippen molar-refractivity contribution in [1.82, 2.24) is 15.2 Å². The Hall–Kier alpha value is -2.70. The van der Waals surface area contributed by atoms with Crippen LogP contribution >= 0.6 is 0 Å². The molecule has 6 nitrogen and oxygen atoms in total. The van der Waals surface area contributed by atoms with E-state index in [1.54, 1.807) is 24.0 Å². The van der Waals surface area contributed by atoms with E-state index in [-0.39, 0.29) is 35.8 Å². The van der Waals surface area contributed by atoms with Gasteiger partial charge in [-0.15, -0.1) is 0 Å². The first-order chi connectivity index (χ1) is 11.5.